The predicted octanol–water partition coefficient (Wildman–Crippen LogP) is 4.66. The Morgan fingerprint density at radius 2 is 1.76 bits per heavy atom. The van der Waals surface area contributed by atoms with Gasteiger partial charge < -0.3 is 10.1 Å². The van der Waals surface area contributed by atoms with Crippen LogP contribution in [-0.4, -0.2) is 38.9 Å². The van der Waals surface area contributed by atoms with Crippen LogP contribution in [0, 0.1) is 6.92 Å². The van der Waals surface area contributed by atoms with Crippen LogP contribution in [0.2, 0.25) is 0 Å². The fraction of sp³-hybridized carbons (Fsp3) is 0.148. The van der Waals surface area contributed by atoms with Crippen LogP contribution in [0.15, 0.2) is 72.8 Å². The molecule has 3 aromatic carbocycles. The molecule has 0 aliphatic carbocycles. The number of carboxylic acids is 1. The van der Waals surface area contributed by atoms with Gasteiger partial charge in [-0.15, -0.1) is 0 Å². The molecular weight excluding hydrogens is 430 g/mol. The highest BCUT2D eigenvalue weighted by Gasteiger charge is 2.53. The van der Waals surface area contributed by atoms with Crippen molar-refractivity contribution < 1.29 is 19.5 Å². The highest BCUT2D eigenvalue weighted by molar-refractivity contribution is 6.23. The Kier molecular flexibility index (Phi) is 4.35. The summed E-state index contributed by atoms with van der Waals surface area (Å²) in [5.74, 6) is -1.60. The van der Waals surface area contributed by atoms with Crippen molar-refractivity contribution in [1.29, 1.82) is 0 Å². The molecule has 6 rings (SSSR count). The van der Waals surface area contributed by atoms with Crippen molar-refractivity contribution in [3.05, 3.63) is 101 Å². The number of carbonyl (C=O) groups excluding carboxylic acids is 2. The largest absolute Gasteiger partial charge is 0.478 e. The number of fused-ring (bicyclic) bond motifs is 4. The van der Waals surface area contributed by atoms with Gasteiger partial charge in [0, 0.05) is 23.0 Å². The first kappa shape index (κ1) is 20.2. The van der Waals surface area contributed by atoms with Gasteiger partial charge in [-0.3, -0.25) is 9.69 Å². The summed E-state index contributed by atoms with van der Waals surface area (Å²) in [4.78, 5) is 45.5. The fourth-order valence-electron chi connectivity index (χ4n) is 5.33. The van der Waals surface area contributed by atoms with Gasteiger partial charge >= 0.3 is 12.0 Å². The quantitative estimate of drug-likeness (QED) is 0.443. The lowest BCUT2D eigenvalue weighted by Gasteiger charge is -2.36. The Morgan fingerprint density at radius 3 is 2.56 bits per heavy atom. The lowest BCUT2D eigenvalue weighted by molar-refractivity contribution is -0.120. The minimum atomic E-state index is -1.19. The third kappa shape index (κ3) is 2.80. The first-order chi connectivity index (χ1) is 16.5. The van der Waals surface area contributed by atoms with Gasteiger partial charge in [-0.1, -0.05) is 60.2 Å². The van der Waals surface area contributed by atoms with Crippen LogP contribution in [0.5, 0.6) is 0 Å². The van der Waals surface area contributed by atoms with E-state index in [-0.39, 0.29) is 11.3 Å². The molecule has 2 atom stereocenters. The number of rotatable bonds is 3. The molecule has 4 aromatic rings. The Hall–Kier alpha value is -4.39. The summed E-state index contributed by atoms with van der Waals surface area (Å²) in [5.41, 5.74) is 4.81. The maximum absolute atomic E-state index is 13.8. The number of aromatic amines is 1. The summed E-state index contributed by atoms with van der Waals surface area (Å²) < 4.78 is 0. The molecule has 2 N–H and O–H groups in total. The Bertz CT molecular complexity index is 1500. The second-order valence-electron chi connectivity index (χ2n) is 8.79. The summed E-state index contributed by atoms with van der Waals surface area (Å²) in [7, 11) is 0. The van der Waals surface area contributed by atoms with E-state index in [2.05, 4.69) is 4.98 Å². The number of benzene rings is 3. The van der Waals surface area contributed by atoms with E-state index in [4.69, 9.17) is 0 Å². The van der Waals surface area contributed by atoms with Gasteiger partial charge in [-0.25, -0.2) is 14.5 Å². The van der Waals surface area contributed by atoms with Crippen molar-refractivity contribution in [3.63, 3.8) is 0 Å². The number of hydrogen-bond acceptors (Lipinski definition) is 3. The van der Waals surface area contributed by atoms with Crippen LogP contribution in [0.3, 0.4) is 0 Å². The molecule has 0 radical (unpaired) electrons. The summed E-state index contributed by atoms with van der Waals surface area (Å²) in [5, 5.41) is 10.7. The number of hydrogen-bond donors (Lipinski definition) is 2. The monoisotopic (exact) mass is 451 g/mol. The van der Waals surface area contributed by atoms with Gasteiger partial charge in [-0.05, 0) is 36.2 Å². The fourth-order valence-corrected chi connectivity index (χ4v) is 5.33. The lowest BCUT2D eigenvalue weighted by atomic mass is 9.88. The van der Waals surface area contributed by atoms with Crippen molar-refractivity contribution in [2.24, 2.45) is 0 Å². The summed E-state index contributed by atoms with van der Waals surface area (Å²) in [6.07, 6.45) is 0.359. The van der Waals surface area contributed by atoms with Crippen molar-refractivity contribution in [2.75, 3.05) is 4.90 Å². The van der Waals surface area contributed by atoms with Gasteiger partial charge in [0.25, 0.3) is 5.91 Å². The van der Waals surface area contributed by atoms with Crippen LogP contribution < -0.4 is 4.90 Å². The molecule has 1 fully saturated rings. The van der Waals surface area contributed by atoms with Gasteiger partial charge in [-0.2, -0.15) is 0 Å². The van der Waals surface area contributed by atoms with Crippen molar-refractivity contribution in [1.82, 2.24) is 9.88 Å². The van der Waals surface area contributed by atoms with E-state index in [0.717, 1.165) is 38.2 Å². The molecule has 7 nitrogen and oxygen atoms in total. The number of anilines is 1. The molecule has 3 heterocycles. The molecule has 7 heteroatoms. The average Bonchev–Trinajstić information content (AvgIpc) is 3.32. The summed E-state index contributed by atoms with van der Waals surface area (Å²) in [6.45, 7) is 1.99. The molecule has 34 heavy (non-hydrogen) atoms. The molecule has 1 saturated heterocycles. The Labute approximate surface area is 195 Å². The van der Waals surface area contributed by atoms with Gasteiger partial charge in [0.2, 0.25) is 0 Å². The third-order valence-corrected chi connectivity index (χ3v) is 6.78. The molecule has 3 amide bonds. The highest BCUT2D eigenvalue weighted by atomic mass is 16.4. The zero-order valence-corrected chi connectivity index (χ0v) is 18.4. The number of nitrogens with one attached hydrogen (secondary N) is 1. The Morgan fingerprint density at radius 1 is 1.00 bits per heavy atom. The number of nitrogens with zero attached hydrogens (tertiary/aromatic N) is 2. The van der Waals surface area contributed by atoms with Crippen LogP contribution in [0.1, 0.15) is 38.8 Å². The number of imide groups is 1. The van der Waals surface area contributed by atoms with Gasteiger partial charge in [0.05, 0.1) is 11.3 Å². The van der Waals surface area contributed by atoms with Crippen LogP contribution >= 0.6 is 0 Å². The molecule has 2 aliphatic heterocycles. The number of carboxylic acid groups (broad SMARTS) is 1. The number of para-hydroxylation sites is 2. The molecule has 0 bridgehead atoms. The first-order valence-electron chi connectivity index (χ1n) is 11.1. The van der Waals surface area contributed by atoms with Gasteiger partial charge in [0.15, 0.2) is 0 Å². The maximum Gasteiger partial charge on any atom is 0.337 e. The molecule has 0 saturated carbocycles. The summed E-state index contributed by atoms with van der Waals surface area (Å²) >= 11 is 0. The van der Waals surface area contributed by atoms with E-state index >= 15 is 0 Å². The molecule has 1 aromatic heterocycles. The second-order valence-corrected chi connectivity index (χ2v) is 8.79. The Balaban J connectivity index is 1.56. The number of urea groups is 1. The van der Waals surface area contributed by atoms with E-state index < -0.39 is 30.0 Å². The number of aromatic nitrogens is 1. The number of amides is 3. The SMILES string of the molecule is Cc1cccc(C2c3[nH]c4ccccc4c3C[C@@H]3C(=O)N(c4ccccc4C(=O)O)C(=O)N23)c1. The normalized spacial score (nSPS) is 19.4. The average molecular weight is 451 g/mol. The molecule has 2 aliphatic rings. The van der Waals surface area contributed by atoms with Crippen molar-refractivity contribution in [3.8, 4) is 0 Å². The first-order valence-corrected chi connectivity index (χ1v) is 11.1. The maximum atomic E-state index is 13.8. The minimum Gasteiger partial charge on any atom is -0.478 e. The minimum absolute atomic E-state index is 0.0832. The van der Waals surface area contributed by atoms with Crippen LogP contribution in [-0.2, 0) is 11.2 Å². The van der Waals surface area contributed by atoms with Crippen LogP contribution in [0.25, 0.3) is 10.9 Å². The lowest BCUT2D eigenvalue weighted by Crippen LogP contribution is -2.44. The number of carbonyl (C=O) groups is 3. The molecule has 168 valence electrons. The van der Waals surface area contributed by atoms with E-state index in [0.29, 0.717) is 6.42 Å². The zero-order chi connectivity index (χ0) is 23.6. The van der Waals surface area contributed by atoms with E-state index in [1.54, 1.807) is 17.0 Å². The molecule has 0 spiro atoms. The zero-order valence-electron chi connectivity index (χ0n) is 18.4. The third-order valence-electron chi connectivity index (χ3n) is 6.78. The molecular formula is C27H21N3O4. The van der Waals surface area contributed by atoms with Gasteiger partial charge in [0.1, 0.15) is 12.1 Å². The van der Waals surface area contributed by atoms with Crippen molar-refractivity contribution >= 4 is 34.5 Å². The predicted molar refractivity (Wildman–Crippen MR) is 127 cm³/mol. The molecule has 1 unspecified atom stereocenters. The van der Waals surface area contributed by atoms with E-state index in [9.17, 15) is 19.5 Å². The van der Waals surface area contributed by atoms with Crippen LogP contribution in [0.4, 0.5) is 10.5 Å². The topological polar surface area (TPSA) is 93.7 Å². The van der Waals surface area contributed by atoms with E-state index in [1.165, 1.54) is 12.1 Å². The van der Waals surface area contributed by atoms with E-state index in [1.807, 2.05) is 55.5 Å². The number of H-pyrrole nitrogens is 1. The number of aryl methyl sites for hydroxylation is 1. The standard InChI is InChI=1S/C27H21N3O4/c1-15-7-6-8-16(13-15)24-23-19(17-9-2-4-11-20(17)28-23)14-22-25(31)30(27(34)29(22)24)21-12-5-3-10-18(21)26(32)33/h2-13,22,24,28H,14H2,1H3,(H,32,33)/t22-,24?/m1/s1. The smallest absolute Gasteiger partial charge is 0.337 e. The number of aromatic carboxylic acids is 1. The van der Waals surface area contributed by atoms with Crippen molar-refractivity contribution in [2.45, 2.75) is 25.4 Å². The second kappa shape index (κ2) is 7.31. The highest BCUT2D eigenvalue weighted by Crippen LogP contribution is 2.45. The summed E-state index contributed by atoms with van der Waals surface area (Å²) in [6, 6.07) is 20.2.